The lowest BCUT2D eigenvalue weighted by atomic mass is 10.2. The van der Waals surface area contributed by atoms with Gasteiger partial charge < -0.3 is 9.47 Å². The van der Waals surface area contributed by atoms with E-state index in [1.54, 1.807) is 7.11 Å². The van der Waals surface area contributed by atoms with Gasteiger partial charge in [0.15, 0.2) is 17.6 Å². The van der Waals surface area contributed by atoms with E-state index >= 15 is 0 Å². The Morgan fingerprint density at radius 3 is 2.54 bits per heavy atom. The van der Waals surface area contributed by atoms with Gasteiger partial charge in [0.05, 0.1) is 20.7 Å². The maximum atomic E-state index is 6.05. The fourth-order valence-corrected chi connectivity index (χ4v) is 3.02. The third-order valence-corrected chi connectivity index (χ3v) is 4.19. The number of rotatable bonds is 6. The standard InChI is InChI=1S/C20H25N2O2/c1-15(2)13-22-19-11-6-5-10-18(19)21(3)20(22)14-24-17-9-7-8-16(12-17)23-4/h5-12,15H,13-14H2,1-4H3/q+1. The highest BCUT2D eigenvalue weighted by atomic mass is 16.5. The third-order valence-electron chi connectivity index (χ3n) is 4.19. The molecule has 3 rings (SSSR count). The molecule has 0 spiro atoms. The molecular formula is C20H25N2O2+. The first-order chi connectivity index (χ1) is 11.6. The molecule has 0 saturated carbocycles. The number of aryl methyl sites for hydroxylation is 1. The molecule has 0 fully saturated rings. The number of nitrogens with zero attached hydrogens (tertiary/aromatic N) is 2. The molecule has 0 aliphatic carbocycles. The van der Waals surface area contributed by atoms with Crippen molar-refractivity contribution in [3.05, 3.63) is 54.4 Å². The minimum atomic E-state index is 0.519. The Balaban J connectivity index is 1.94. The van der Waals surface area contributed by atoms with Gasteiger partial charge in [0.25, 0.3) is 5.82 Å². The summed E-state index contributed by atoms with van der Waals surface area (Å²) < 4.78 is 15.9. The Labute approximate surface area is 143 Å². The summed E-state index contributed by atoms with van der Waals surface area (Å²) in [5.41, 5.74) is 2.47. The summed E-state index contributed by atoms with van der Waals surface area (Å²) in [6.07, 6.45) is 0. The number of imidazole rings is 1. The maximum absolute atomic E-state index is 6.05. The van der Waals surface area contributed by atoms with E-state index in [2.05, 4.69) is 54.3 Å². The third kappa shape index (κ3) is 3.23. The van der Waals surface area contributed by atoms with Crippen LogP contribution in [0.3, 0.4) is 0 Å². The molecule has 1 aromatic heterocycles. The summed E-state index contributed by atoms with van der Waals surface area (Å²) >= 11 is 0. The van der Waals surface area contributed by atoms with Gasteiger partial charge in [-0.15, -0.1) is 0 Å². The Morgan fingerprint density at radius 1 is 1.04 bits per heavy atom. The van der Waals surface area contributed by atoms with E-state index in [4.69, 9.17) is 9.47 Å². The number of hydrogen-bond acceptors (Lipinski definition) is 2. The first-order valence-electron chi connectivity index (χ1n) is 8.33. The maximum Gasteiger partial charge on any atom is 0.295 e. The van der Waals surface area contributed by atoms with Crippen LogP contribution in [0.2, 0.25) is 0 Å². The Kier molecular flexibility index (Phi) is 4.74. The van der Waals surface area contributed by atoms with Gasteiger partial charge in [-0.05, 0) is 30.2 Å². The van der Waals surface area contributed by atoms with Crippen LogP contribution in [0.4, 0.5) is 0 Å². The first-order valence-corrected chi connectivity index (χ1v) is 8.33. The van der Waals surface area contributed by atoms with Crippen LogP contribution >= 0.6 is 0 Å². The highest BCUT2D eigenvalue weighted by Crippen LogP contribution is 2.21. The number of fused-ring (bicyclic) bond motifs is 1. The van der Waals surface area contributed by atoms with Crippen molar-refractivity contribution in [2.45, 2.75) is 27.0 Å². The van der Waals surface area contributed by atoms with Crippen LogP contribution in [0.25, 0.3) is 11.0 Å². The molecule has 24 heavy (non-hydrogen) atoms. The van der Waals surface area contributed by atoms with Crippen LogP contribution in [0.1, 0.15) is 19.7 Å². The van der Waals surface area contributed by atoms with Gasteiger partial charge in [0.2, 0.25) is 0 Å². The lowest BCUT2D eigenvalue weighted by Gasteiger charge is -2.09. The molecule has 0 atom stereocenters. The molecule has 4 nitrogen and oxygen atoms in total. The highest BCUT2D eigenvalue weighted by molar-refractivity contribution is 5.72. The molecule has 1 heterocycles. The normalized spacial score (nSPS) is 11.2. The molecule has 0 unspecified atom stereocenters. The fraction of sp³-hybridized carbons (Fsp3) is 0.350. The van der Waals surface area contributed by atoms with Crippen LogP contribution < -0.4 is 14.0 Å². The molecule has 0 radical (unpaired) electrons. The fourth-order valence-electron chi connectivity index (χ4n) is 3.02. The van der Waals surface area contributed by atoms with E-state index in [1.807, 2.05) is 24.3 Å². The van der Waals surface area contributed by atoms with Gasteiger partial charge in [0, 0.05) is 6.07 Å². The number of hydrogen-bond donors (Lipinski definition) is 0. The van der Waals surface area contributed by atoms with E-state index in [9.17, 15) is 0 Å². The summed E-state index contributed by atoms with van der Waals surface area (Å²) in [7, 11) is 3.77. The van der Waals surface area contributed by atoms with Crippen molar-refractivity contribution >= 4 is 11.0 Å². The summed E-state index contributed by atoms with van der Waals surface area (Å²) in [5, 5.41) is 0. The minimum absolute atomic E-state index is 0.519. The van der Waals surface area contributed by atoms with Crippen molar-refractivity contribution in [2.24, 2.45) is 13.0 Å². The number of methoxy groups -OCH3 is 1. The molecule has 126 valence electrons. The molecule has 0 N–H and O–H groups in total. The number of ether oxygens (including phenoxy) is 2. The zero-order valence-electron chi connectivity index (χ0n) is 14.8. The molecule has 0 saturated heterocycles. The van der Waals surface area contributed by atoms with Crippen LogP contribution in [0, 0.1) is 5.92 Å². The number of aromatic nitrogens is 2. The molecule has 2 aromatic carbocycles. The smallest absolute Gasteiger partial charge is 0.295 e. The van der Waals surface area contributed by atoms with Gasteiger partial charge in [-0.25, -0.2) is 9.13 Å². The van der Waals surface area contributed by atoms with Gasteiger partial charge in [0.1, 0.15) is 11.5 Å². The van der Waals surface area contributed by atoms with Crippen molar-refractivity contribution in [3.8, 4) is 11.5 Å². The molecule has 3 aromatic rings. The Morgan fingerprint density at radius 2 is 1.79 bits per heavy atom. The highest BCUT2D eigenvalue weighted by Gasteiger charge is 2.23. The van der Waals surface area contributed by atoms with Crippen LogP contribution in [-0.2, 0) is 20.2 Å². The molecular weight excluding hydrogens is 300 g/mol. The molecule has 0 bridgehead atoms. The lowest BCUT2D eigenvalue weighted by molar-refractivity contribution is -0.655. The Hall–Kier alpha value is -2.49. The monoisotopic (exact) mass is 325 g/mol. The van der Waals surface area contributed by atoms with Crippen molar-refractivity contribution in [3.63, 3.8) is 0 Å². The summed E-state index contributed by atoms with van der Waals surface area (Å²) in [4.78, 5) is 0. The SMILES string of the molecule is COc1cccc(OCc2n(CC(C)C)c3ccccc3[n+]2C)c1. The zero-order valence-corrected chi connectivity index (χ0v) is 14.8. The number of benzene rings is 2. The van der Waals surface area contributed by atoms with E-state index in [1.165, 1.54) is 11.0 Å². The number of para-hydroxylation sites is 2. The van der Waals surface area contributed by atoms with E-state index in [0.717, 1.165) is 23.9 Å². The summed E-state index contributed by atoms with van der Waals surface area (Å²) in [5.74, 6) is 3.35. The van der Waals surface area contributed by atoms with Crippen molar-refractivity contribution in [1.29, 1.82) is 0 Å². The quantitative estimate of drug-likeness (QED) is 0.646. The zero-order chi connectivity index (χ0) is 17.1. The van der Waals surface area contributed by atoms with E-state index in [-0.39, 0.29) is 0 Å². The van der Waals surface area contributed by atoms with Crippen LogP contribution in [0.15, 0.2) is 48.5 Å². The van der Waals surface area contributed by atoms with Crippen molar-refractivity contribution in [2.75, 3.05) is 7.11 Å². The van der Waals surface area contributed by atoms with E-state index in [0.29, 0.717) is 12.5 Å². The van der Waals surface area contributed by atoms with Crippen molar-refractivity contribution < 1.29 is 14.0 Å². The van der Waals surface area contributed by atoms with Gasteiger partial charge in [-0.1, -0.05) is 32.0 Å². The second-order valence-corrected chi connectivity index (χ2v) is 6.44. The van der Waals surface area contributed by atoms with Crippen molar-refractivity contribution in [1.82, 2.24) is 4.57 Å². The van der Waals surface area contributed by atoms with Crippen LogP contribution in [0.5, 0.6) is 11.5 Å². The predicted molar refractivity (Wildman–Crippen MR) is 95.3 cm³/mol. The van der Waals surface area contributed by atoms with E-state index < -0.39 is 0 Å². The molecule has 0 aliphatic rings. The molecule has 0 amide bonds. The topological polar surface area (TPSA) is 27.3 Å². The van der Waals surface area contributed by atoms with Gasteiger partial charge in [-0.2, -0.15) is 0 Å². The molecule has 4 heteroatoms. The van der Waals surface area contributed by atoms with Gasteiger partial charge >= 0.3 is 0 Å². The summed E-state index contributed by atoms with van der Waals surface area (Å²) in [6, 6.07) is 16.2. The minimum Gasteiger partial charge on any atom is -0.497 e. The second-order valence-electron chi connectivity index (χ2n) is 6.44. The molecule has 0 aliphatic heterocycles. The predicted octanol–water partition coefficient (Wildman–Crippen LogP) is 3.71. The summed E-state index contributed by atoms with van der Waals surface area (Å²) in [6.45, 7) is 5.96. The first kappa shape index (κ1) is 16.4. The lowest BCUT2D eigenvalue weighted by Crippen LogP contribution is -2.34. The van der Waals surface area contributed by atoms with Crippen LogP contribution in [-0.4, -0.2) is 11.7 Å². The van der Waals surface area contributed by atoms with Gasteiger partial charge in [-0.3, -0.25) is 0 Å². The average Bonchev–Trinajstić information content (AvgIpc) is 2.85. The average molecular weight is 325 g/mol. The second kappa shape index (κ2) is 6.95. The largest absolute Gasteiger partial charge is 0.497 e. The Bertz CT molecular complexity index is 837.